The first-order valence-corrected chi connectivity index (χ1v) is 5.54. The van der Waals surface area contributed by atoms with E-state index in [2.05, 4.69) is 19.1 Å². The molecule has 1 aliphatic rings. The fourth-order valence-corrected chi connectivity index (χ4v) is 2.10. The Balaban J connectivity index is 2.20. The maximum absolute atomic E-state index is 2.34. The first-order valence-electron chi connectivity index (χ1n) is 5.54. The Bertz CT molecular complexity index is 116. The minimum Gasteiger partial charge on any atom is -0.0917 e. The first kappa shape index (κ1) is 9.83. The third-order valence-electron chi connectivity index (χ3n) is 2.93. The molecule has 0 saturated heterocycles. The molecule has 0 bridgehead atoms. The smallest absolute Gasteiger partial charge is 0.0322 e. The molecule has 1 fully saturated rings. The van der Waals surface area contributed by atoms with Gasteiger partial charge in [0, 0.05) is 0 Å². The van der Waals surface area contributed by atoms with Crippen LogP contribution in [0.4, 0.5) is 0 Å². The summed E-state index contributed by atoms with van der Waals surface area (Å²) in [4.78, 5) is 0. The van der Waals surface area contributed by atoms with E-state index in [1.165, 1.54) is 51.4 Å². The van der Waals surface area contributed by atoms with Crippen molar-refractivity contribution in [3.8, 4) is 0 Å². The Morgan fingerprint density at radius 3 is 2.17 bits per heavy atom. The lowest BCUT2D eigenvalue weighted by Gasteiger charge is -2.17. The molecule has 70 valence electrons. The second-order valence-electron chi connectivity index (χ2n) is 4.02. The number of rotatable bonds is 2. The van der Waals surface area contributed by atoms with E-state index < -0.39 is 0 Å². The van der Waals surface area contributed by atoms with Crippen LogP contribution in [0.3, 0.4) is 0 Å². The maximum atomic E-state index is 2.34. The van der Waals surface area contributed by atoms with Crippen LogP contribution in [0.5, 0.6) is 0 Å². The third kappa shape index (κ3) is 3.94. The second kappa shape index (κ2) is 6.28. The van der Waals surface area contributed by atoms with Crippen molar-refractivity contribution in [1.29, 1.82) is 0 Å². The van der Waals surface area contributed by atoms with Crippen LogP contribution in [0, 0.1) is 5.92 Å². The van der Waals surface area contributed by atoms with E-state index in [9.17, 15) is 0 Å². The predicted octanol–water partition coefficient (Wildman–Crippen LogP) is 4.31. The number of hydrogen-bond donors (Lipinski definition) is 0. The molecule has 0 aromatic rings. The normalized spacial score (nSPS) is 22.4. The van der Waals surface area contributed by atoms with Crippen molar-refractivity contribution in [2.24, 2.45) is 5.92 Å². The highest BCUT2D eigenvalue weighted by Crippen LogP contribution is 2.24. The topological polar surface area (TPSA) is 0 Å². The van der Waals surface area contributed by atoms with Crippen molar-refractivity contribution in [2.45, 2.75) is 58.3 Å². The molecule has 0 nitrogen and oxygen atoms in total. The molecule has 0 aromatic carbocycles. The van der Waals surface area contributed by atoms with Crippen LogP contribution >= 0.6 is 0 Å². The van der Waals surface area contributed by atoms with Gasteiger partial charge in [-0.05, 0) is 19.3 Å². The second-order valence-corrected chi connectivity index (χ2v) is 4.02. The van der Waals surface area contributed by atoms with Gasteiger partial charge in [0.15, 0.2) is 0 Å². The van der Waals surface area contributed by atoms with Gasteiger partial charge in [0.05, 0.1) is 0 Å². The van der Waals surface area contributed by atoms with Crippen molar-refractivity contribution in [3.05, 3.63) is 12.2 Å². The van der Waals surface area contributed by atoms with Gasteiger partial charge in [0.1, 0.15) is 0 Å². The van der Waals surface area contributed by atoms with E-state index in [1.54, 1.807) is 0 Å². The molecule has 0 heteroatoms. The van der Waals surface area contributed by atoms with Crippen LogP contribution in [-0.4, -0.2) is 0 Å². The van der Waals surface area contributed by atoms with E-state index in [0.717, 1.165) is 5.92 Å². The number of allylic oxidation sites excluding steroid dienone is 2. The van der Waals surface area contributed by atoms with Crippen LogP contribution in [-0.2, 0) is 0 Å². The molecule has 0 amide bonds. The van der Waals surface area contributed by atoms with E-state index in [-0.39, 0.29) is 0 Å². The molecular weight excluding hydrogens is 144 g/mol. The molecule has 12 heavy (non-hydrogen) atoms. The highest BCUT2D eigenvalue weighted by Gasteiger charge is 2.08. The van der Waals surface area contributed by atoms with Gasteiger partial charge in [-0.25, -0.2) is 0 Å². The molecule has 0 unspecified atom stereocenters. The maximum Gasteiger partial charge on any atom is -0.0322 e. The van der Waals surface area contributed by atoms with E-state index in [4.69, 9.17) is 0 Å². The predicted molar refractivity (Wildman–Crippen MR) is 55.2 cm³/mol. The van der Waals surface area contributed by atoms with Crippen molar-refractivity contribution in [2.75, 3.05) is 0 Å². The molecule has 1 rings (SSSR count). The minimum atomic E-state index is 1.00. The van der Waals surface area contributed by atoms with Crippen LogP contribution in [0.1, 0.15) is 58.3 Å². The fraction of sp³-hybridized carbons (Fsp3) is 0.833. The summed E-state index contributed by atoms with van der Waals surface area (Å²) in [6.07, 6.45) is 16.2. The molecule has 1 saturated carbocycles. The molecule has 0 N–H and O–H groups in total. The highest BCUT2D eigenvalue weighted by atomic mass is 14.1. The van der Waals surface area contributed by atoms with Crippen molar-refractivity contribution < 1.29 is 0 Å². The largest absolute Gasteiger partial charge is 0.0917 e. The zero-order valence-corrected chi connectivity index (χ0v) is 8.39. The quantitative estimate of drug-likeness (QED) is 0.536. The average Bonchev–Trinajstić information content (AvgIpc) is 2.02. The first-order chi connectivity index (χ1) is 5.93. The molecule has 0 aromatic heterocycles. The van der Waals surface area contributed by atoms with Crippen LogP contribution in [0.2, 0.25) is 0 Å². The van der Waals surface area contributed by atoms with Gasteiger partial charge in [-0.2, -0.15) is 0 Å². The Labute approximate surface area is 77.1 Å². The van der Waals surface area contributed by atoms with Crippen molar-refractivity contribution in [1.82, 2.24) is 0 Å². The van der Waals surface area contributed by atoms with Gasteiger partial charge in [-0.15, -0.1) is 0 Å². The van der Waals surface area contributed by atoms with Gasteiger partial charge in [0.2, 0.25) is 0 Å². The van der Waals surface area contributed by atoms with Crippen LogP contribution in [0.25, 0.3) is 0 Å². The van der Waals surface area contributed by atoms with E-state index >= 15 is 0 Å². The summed E-state index contributed by atoms with van der Waals surface area (Å²) in [6.45, 7) is 2.13. The summed E-state index contributed by atoms with van der Waals surface area (Å²) < 4.78 is 0. The summed E-state index contributed by atoms with van der Waals surface area (Å²) in [7, 11) is 0. The Morgan fingerprint density at radius 2 is 1.58 bits per heavy atom. The average molecular weight is 166 g/mol. The Hall–Kier alpha value is -0.260. The minimum absolute atomic E-state index is 1.00. The molecule has 0 atom stereocenters. The molecule has 0 heterocycles. The van der Waals surface area contributed by atoms with Crippen molar-refractivity contribution in [3.63, 3.8) is 0 Å². The van der Waals surface area contributed by atoms with Crippen LogP contribution in [0.15, 0.2) is 12.2 Å². The zero-order valence-electron chi connectivity index (χ0n) is 8.39. The Kier molecular flexibility index (Phi) is 5.14. The van der Waals surface area contributed by atoms with E-state index in [0.29, 0.717) is 0 Å². The van der Waals surface area contributed by atoms with Gasteiger partial charge in [-0.3, -0.25) is 0 Å². The fourth-order valence-electron chi connectivity index (χ4n) is 2.10. The monoisotopic (exact) mass is 166 g/mol. The molecule has 0 spiro atoms. The van der Waals surface area contributed by atoms with Crippen LogP contribution < -0.4 is 0 Å². The molecular formula is C12H22. The SMILES string of the molecule is CC=CCC1CCCCCCC1. The number of hydrogen-bond acceptors (Lipinski definition) is 0. The van der Waals surface area contributed by atoms with Gasteiger partial charge < -0.3 is 0 Å². The summed E-state index contributed by atoms with van der Waals surface area (Å²) in [5, 5.41) is 0. The highest BCUT2D eigenvalue weighted by molar-refractivity contribution is 4.80. The molecule has 0 aliphatic heterocycles. The van der Waals surface area contributed by atoms with Gasteiger partial charge in [0.25, 0.3) is 0 Å². The van der Waals surface area contributed by atoms with Gasteiger partial charge >= 0.3 is 0 Å². The zero-order chi connectivity index (χ0) is 8.65. The Morgan fingerprint density at radius 1 is 1.00 bits per heavy atom. The molecule has 1 aliphatic carbocycles. The summed E-state index contributed by atoms with van der Waals surface area (Å²) in [5.74, 6) is 1.00. The lowest BCUT2D eigenvalue weighted by atomic mass is 9.89. The standard InChI is InChI=1S/C12H22/c1-2-3-9-12-10-7-5-4-6-8-11-12/h2-3,12H,4-11H2,1H3. The molecule has 0 radical (unpaired) electrons. The van der Waals surface area contributed by atoms with Gasteiger partial charge in [-0.1, -0.05) is 57.1 Å². The van der Waals surface area contributed by atoms with Crippen molar-refractivity contribution >= 4 is 0 Å². The third-order valence-corrected chi connectivity index (χ3v) is 2.93. The summed E-state index contributed by atoms with van der Waals surface area (Å²) >= 11 is 0. The van der Waals surface area contributed by atoms with E-state index in [1.807, 2.05) is 0 Å². The lowest BCUT2D eigenvalue weighted by molar-refractivity contribution is 0.381. The lowest BCUT2D eigenvalue weighted by Crippen LogP contribution is -2.02. The summed E-state index contributed by atoms with van der Waals surface area (Å²) in [6, 6.07) is 0. The summed E-state index contributed by atoms with van der Waals surface area (Å²) in [5.41, 5.74) is 0.